The molecule has 0 aromatic carbocycles. The Morgan fingerprint density at radius 1 is 1.25 bits per heavy atom. The van der Waals surface area contributed by atoms with Gasteiger partial charge in [0.15, 0.2) is 10.2 Å². The molecular weight excluding hydrogens is 431 g/mol. The first-order valence-electron chi connectivity index (χ1n) is 7.82. The van der Waals surface area contributed by atoms with Crippen LogP contribution in [0.15, 0.2) is 29.4 Å². The van der Waals surface area contributed by atoms with E-state index in [1.54, 1.807) is 18.3 Å². The molecule has 3 aromatic heterocycles. The Morgan fingerprint density at radius 3 is 2.68 bits per heavy atom. The number of hydrogen-bond donors (Lipinski definition) is 2. The molecular formula is C15H14Cl2N6O4S. The van der Waals surface area contributed by atoms with Crippen LogP contribution in [0, 0.1) is 0 Å². The number of nitrogens with one attached hydrogen (secondary N) is 2. The fraction of sp³-hybridized carbons (Fsp3) is 0.200. The topological polar surface area (TPSA) is 128 Å². The molecule has 0 aliphatic carbocycles. The van der Waals surface area contributed by atoms with Gasteiger partial charge in [0, 0.05) is 12.3 Å². The molecule has 28 heavy (non-hydrogen) atoms. The lowest BCUT2D eigenvalue weighted by molar-refractivity contribution is 0.256. The third-order valence-corrected chi connectivity index (χ3v) is 5.51. The number of aromatic nitrogens is 4. The Bertz CT molecular complexity index is 1160. The first kappa shape index (κ1) is 20.1. The van der Waals surface area contributed by atoms with Gasteiger partial charge in [-0.2, -0.15) is 13.4 Å². The van der Waals surface area contributed by atoms with Crippen LogP contribution in [0.4, 0.5) is 10.7 Å². The number of carbonyl (C=O) groups excluding carboxylic acids is 1. The quantitative estimate of drug-likeness (QED) is 0.578. The summed E-state index contributed by atoms with van der Waals surface area (Å²) in [7, 11) is -3.01. The number of aryl methyl sites for hydroxylation is 1. The monoisotopic (exact) mass is 444 g/mol. The van der Waals surface area contributed by atoms with Crippen molar-refractivity contribution in [2.75, 3.05) is 12.4 Å². The number of sulfonamides is 1. The maximum absolute atomic E-state index is 12.7. The number of hydrogen-bond acceptors (Lipinski definition) is 7. The van der Waals surface area contributed by atoms with Gasteiger partial charge in [0.1, 0.15) is 10.8 Å². The lowest BCUT2D eigenvalue weighted by Crippen LogP contribution is -2.35. The van der Waals surface area contributed by atoms with Gasteiger partial charge in [-0.15, -0.1) is 0 Å². The molecule has 3 rings (SSSR count). The van der Waals surface area contributed by atoms with Crippen LogP contribution in [0.2, 0.25) is 10.3 Å². The Hall–Kier alpha value is -2.63. The van der Waals surface area contributed by atoms with Crippen molar-refractivity contribution in [3.8, 4) is 5.88 Å². The fourth-order valence-electron chi connectivity index (χ4n) is 2.34. The van der Waals surface area contributed by atoms with Gasteiger partial charge in [-0.3, -0.25) is 9.72 Å². The van der Waals surface area contributed by atoms with Gasteiger partial charge >= 0.3 is 6.03 Å². The van der Waals surface area contributed by atoms with Gasteiger partial charge in [-0.25, -0.2) is 19.5 Å². The van der Waals surface area contributed by atoms with Crippen molar-refractivity contribution in [3.05, 3.63) is 40.3 Å². The number of urea groups is 1. The van der Waals surface area contributed by atoms with Crippen molar-refractivity contribution < 1.29 is 17.9 Å². The molecule has 148 valence electrons. The van der Waals surface area contributed by atoms with Crippen molar-refractivity contribution in [3.63, 3.8) is 0 Å². The largest absolute Gasteiger partial charge is 0.481 e. The number of ether oxygens (including phenoxy) is 1. The Labute approximate surface area is 169 Å². The third-order valence-electron chi connectivity index (χ3n) is 3.59. The zero-order valence-electron chi connectivity index (χ0n) is 14.6. The minimum Gasteiger partial charge on any atom is -0.481 e. The number of rotatable bonds is 5. The van der Waals surface area contributed by atoms with Crippen LogP contribution >= 0.6 is 23.2 Å². The predicted octanol–water partition coefficient (Wildman–Crippen LogP) is 2.51. The highest BCUT2D eigenvalue weighted by molar-refractivity contribution is 7.90. The number of fused-ring (bicyclic) bond motifs is 1. The number of halogens is 2. The number of anilines is 1. The molecule has 0 saturated heterocycles. The lowest BCUT2D eigenvalue weighted by atomic mass is 10.2. The predicted molar refractivity (Wildman–Crippen MR) is 103 cm³/mol. The minimum atomic E-state index is -4.36. The smallest absolute Gasteiger partial charge is 0.335 e. The van der Waals surface area contributed by atoms with E-state index in [4.69, 9.17) is 27.9 Å². The van der Waals surface area contributed by atoms with E-state index in [1.165, 1.54) is 17.6 Å². The average molecular weight is 445 g/mol. The summed E-state index contributed by atoms with van der Waals surface area (Å²) in [5.41, 5.74) is 1.19. The zero-order chi connectivity index (χ0) is 20.5. The van der Waals surface area contributed by atoms with Gasteiger partial charge in [0.25, 0.3) is 10.0 Å². The molecule has 13 heteroatoms. The van der Waals surface area contributed by atoms with E-state index in [1.807, 2.05) is 11.6 Å². The van der Waals surface area contributed by atoms with E-state index in [2.05, 4.69) is 20.3 Å². The zero-order valence-corrected chi connectivity index (χ0v) is 16.9. The van der Waals surface area contributed by atoms with E-state index < -0.39 is 16.1 Å². The van der Waals surface area contributed by atoms with Crippen LogP contribution in [0.5, 0.6) is 5.88 Å². The number of nitrogens with zero attached hydrogens (tertiary/aromatic N) is 4. The highest BCUT2D eigenvalue weighted by Gasteiger charge is 2.27. The molecule has 0 aliphatic heterocycles. The summed E-state index contributed by atoms with van der Waals surface area (Å²) >= 11 is 11.8. The molecule has 2 N–H and O–H groups in total. The van der Waals surface area contributed by atoms with Crippen LogP contribution in [0.3, 0.4) is 0 Å². The summed E-state index contributed by atoms with van der Waals surface area (Å²) in [6.07, 6.45) is 2.26. The molecule has 0 fully saturated rings. The normalized spacial score (nSPS) is 11.4. The fourth-order valence-corrected chi connectivity index (χ4v) is 4.06. The Balaban J connectivity index is 1.90. The van der Waals surface area contributed by atoms with Crippen LogP contribution in [-0.2, 0) is 16.4 Å². The summed E-state index contributed by atoms with van der Waals surface area (Å²) in [5, 5.41) is 1.55. The summed E-state index contributed by atoms with van der Waals surface area (Å²) in [4.78, 5) is 23.8. The molecule has 0 spiro atoms. The molecule has 10 nitrogen and oxygen atoms in total. The second-order valence-corrected chi connectivity index (χ2v) is 7.79. The van der Waals surface area contributed by atoms with Gasteiger partial charge in [0.2, 0.25) is 11.8 Å². The van der Waals surface area contributed by atoms with Crippen LogP contribution in [0.25, 0.3) is 5.65 Å². The summed E-state index contributed by atoms with van der Waals surface area (Å²) in [5.74, 6) is -0.148. The molecule has 0 aliphatic rings. The van der Waals surface area contributed by atoms with Crippen LogP contribution in [0.1, 0.15) is 12.5 Å². The summed E-state index contributed by atoms with van der Waals surface area (Å²) in [6.45, 7) is 1.92. The molecule has 0 atom stereocenters. The molecule has 0 bridgehead atoms. The van der Waals surface area contributed by atoms with E-state index in [9.17, 15) is 13.2 Å². The summed E-state index contributed by atoms with van der Waals surface area (Å²) < 4.78 is 33.5. The van der Waals surface area contributed by atoms with Crippen LogP contribution in [-0.4, -0.2) is 40.9 Å². The first-order chi connectivity index (χ1) is 13.2. The van der Waals surface area contributed by atoms with Crippen molar-refractivity contribution in [1.82, 2.24) is 24.1 Å². The molecule has 3 heterocycles. The molecule has 3 aromatic rings. The van der Waals surface area contributed by atoms with Crippen molar-refractivity contribution in [1.29, 1.82) is 0 Å². The van der Waals surface area contributed by atoms with Crippen molar-refractivity contribution in [2.24, 2.45) is 0 Å². The SMILES string of the molecule is CCc1ccc2nc(Cl)c(S(=O)(=O)NC(=O)Nc3nc(Cl)cc(OC)n3)n2c1. The van der Waals surface area contributed by atoms with Crippen molar-refractivity contribution >= 4 is 50.9 Å². The van der Waals surface area contributed by atoms with Gasteiger partial charge in [-0.05, 0) is 18.1 Å². The summed E-state index contributed by atoms with van der Waals surface area (Å²) in [6, 6.07) is 3.65. The number of methoxy groups -OCH3 is 1. The van der Waals surface area contributed by atoms with Gasteiger partial charge < -0.3 is 4.74 Å². The van der Waals surface area contributed by atoms with Crippen LogP contribution < -0.4 is 14.8 Å². The van der Waals surface area contributed by atoms with E-state index in [0.717, 1.165) is 5.56 Å². The van der Waals surface area contributed by atoms with E-state index in [-0.39, 0.29) is 27.2 Å². The Morgan fingerprint density at radius 2 is 2.00 bits per heavy atom. The molecule has 0 saturated carbocycles. The first-order valence-corrected chi connectivity index (χ1v) is 10.1. The number of imidazole rings is 1. The highest BCUT2D eigenvalue weighted by Crippen LogP contribution is 2.23. The highest BCUT2D eigenvalue weighted by atomic mass is 35.5. The van der Waals surface area contributed by atoms with Crippen molar-refractivity contribution in [2.45, 2.75) is 18.4 Å². The second kappa shape index (κ2) is 7.78. The third kappa shape index (κ3) is 4.11. The second-order valence-electron chi connectivity index (χ2n) is 5.44. The number of amides is 2. The number of pyridine rings is 1. The number of carbonyl (C=O) groups is 1. The van der Waals surface area contributed by atoms with E-state index in [0.29, 0.717) is 12.1 Å². The standard InChI is InChI=1S/C15H14Cl2N6O4S/c1-3-8-4-5-10-19-12(17)13(23(10)7-8)28(25,26)22-15(24)21-14-18-9(16)6-11(20-14)27-2/h4-7H,3H2,1-2H3,(H2,18,20,21,22,24). The molecule has 0 unspecified atom stereocenters. The van der Waals surface area contributed by atoms with Gasteiger partial charge in [0.05, 0.1) is 7.11 Å². The average Bonchev–Trinajstić information content (AvgIpc) is 2.95. The van der Waals surface area contributed by atoms with Gasteiger partial charge in [-0.1, -0.05) is 36.2 Å². The Kier molecular flexibility index (Phi) is 5.59. The molecule has 2 amide bonds. The van der Waals surface area contributed by atoms with E-state index >= 15 is 0 Å². The maximum Gasteiger partial charge on any atom is 0.335 e. The maximum atomic E-state index is 12.7. The molecule has 0 radical (unpaired) electrons. The minimum absolute atomic E-state index is 0.00179. The lowest BCUT2D eigenvalue weighted by Gasteiger charge is -2.09.